The topological polar surface area (TPSA) is 45.0 Å². The SMILES string of the molecule is CCOc1ccccc1Nc1cccc(Cl)c1C#N. The molecule has 0 heterocycles. The van der Waals surface area contributed by atoms with Crippen molar-refractivity contribution in [1.82, 2.24) is 0 Å². The number of ether oxygens (including phenoxy) is 1. The highest BCUT2D eigenvalue weighted by Gasteiger charge is 2.08. The van der Waals surface area contributed by atoms with E-state index in [1.165, 1.54) is 0 Å². The molecule has 0 aliphatic rings. The molecule has 0 atom stereocenters. The number of para-hydroxylation sites is 2. The van der Waals surface area contributed by atoms with Crippen molar-refractivity contribution >= 4 is 23.0 Å². The molecule has 2 aromatic carbocycles. The van der Waals surface area contributed by atoms with Crippen LogP contribution in [-0.4, -0.2) is 6.61 Å². The molecule has 0 fully saturated rings. The molecule has 0 amide bonds. The third kappa shape index (κ3) is 2.98. The first kappa shape index (κ1) is 13.3. The Labute approximate surface area is 117 Å². The summed E-state index contributed by atoms with van der Waals surface area (Å²) >= 11 is 6.00. The molecule has 2 aromatic rings. The van der Waals surface area contributed by atoms with Crippen LogP contribution >= 0.6 is 11.6 Å². The van der Waals surface area contributed by atoms with Crippen molar-refractivity contribution in [3.63, 3.8) is 0 Å². The summed E-state index contributed by atoms with van der Waals surface area (Å²) < 4.78 is 5.53. The monoisotopic (exact) mass is 272 g/mol. The Kier molecular flexibility index (Phi) is 4.27. The summed E-state index contributed by atoms with van der Waals surface area (Å²) in [5.74, 6) is 0.744. The van der Waals surface area contributed by atoms with Gasteiger partial charge in [-0.2, -0.15) is 5.26 Å². The number of halogens is 1. The predicted octanol–water partition coefficient (Wildman–Crippen LogP) is 4.35. The Morgan fingerprint density at radius 1 is 1.16 bits per heavy atom. The van der Waals surface area contributed by atoms with Crippen molar-refractivity contribution in [2.75, 3.05) is 11.9 Å². The summed E-state index contributed by atoms with van der Waals surface area (Å²) in [6.45, 7) is 2.51. The number of benzene rings is 2. The van der Waals surface area contributed by atoms with Gasteiger partial charge in [0.25, 0.3) is 0 Å². The summed E-state index contributed by atoms with van der Waals surface area (Å²) in [7, 11) is 0. The molecule has 96 valence electrons. The van der Waals surface area contributed by atoms with Crippen LogP contribution in [-0.2, 0) is 0 Å². The molecular weight excluding hydrogens is 260 g/mol. The lowest BCUT2D eigenvalue weighted by Gasteiger charge is -2.13. The van der Waals surface area contributed by atoms with Crippen LogP contribution in [0.4, 0.5) is 11.4 Å². The second-order valence-electron chi connectivity index (χ2n) is 3.83. The lowest BCUT2D eigenvalue weighted by atomic mass is 10.2. The van der Waals surface area contributed by atoms with E-state index in [4.69, 9.17) is 21.6 Å². The van der Waals surface area contributed by atoms with E-state index in [-0.39, 0.29) is 0 Å². The normalized spacial score (nSPS) is 9.74. The molecule has 0 saturated heterocycles. The van der Waals surface area contributed by atoms with Crippen LogP contribution in [0, 0.1) is 11.3 Å². The first-order chi connectivity index (χ1) is 9.26. The lowest BCUT2D eigenvalue weighted by molar-refractivity contribution is 0.342. The molecule has 2 rings (SSSR count). The molecule has 19 heavy (non-hydrogen) atoms. The molecule has 0 aliphatic carbocycles. The third-order valence-electron chi connectivity index (χ3n) is 2.58. The van der Waals surface area contributed by atoms with Gasteiger partial charge < -0.3 is 10.1 Å². The number of nitriles is 1. The number of nitrogens with zero attached hydrogens (tertiary/aromatic N) is 1. The van der Waals surface area contributed by atoms with Crippen molar-refractivity contribution in [3.8, 4) is 11.8 Å². The summed E-state index contributed by atoms with van der Waals surface area (Å²) in [5, 5.41) is 12.8. The van der Waals surface area contributed by atoms with E-state index < -0.39 is 0 Å². The van der Waals surface area contributed by atoms with Crippen molar-refractivity contribution in [2.45, 2.75) is 6.92 Å². The number of rotatable bonds is 4. The number of hydrogen-bond acceptors (Lipinski definition) is 3. The van der Waals surface area contributed by atoms with Crippen molar-refractivity contribution in [3.05, 3.63) is 53.1 Å². The summed E-state index contributed by atoms with van der Waals surface area (Å²) in [5.41, 5.74) is 1.90. The van der Waals surface area contributed by atoms with Gasteiger partial charge >= 0.3 is 0 Å². The maximum Gasteiger partial charge on any atom is 0.142 e. The maximum atomic E-state index is 9.14. The molecule has 0 aliphatic heterocycles. The van der Waals surface area contributed by atoms with Gasteiger partial charge in [0.15, 0.2) is 0 Å². The van der Waals surface area contributed by atoms with E-state index in [2.05, 4.69) is 11.4 Å². The summed E-state index contributed by atoms with van der Waals surface area (Å²) in [4.78, 5) is 0. The quantitative estimate of drug-likeness (QED) is 0.900. The molecule has 0 aromatic heterocycles. The Morgan fingerprint density at radius 3 is 2.63 bits per heavy atom. The fourth-order valence-electron chi connectivity index (χ4n) is 1.74. The van der Waals surface area contributed by atoms with Crippen LogP contribution in [0.5, 0.6) is 5.75 Å². The van der Waals surface area contributed by atoms with Crippen LogP contribution < -0.4 is 10.1 Å². The first-order valence-electron chi connectivity index (χ1n) is 5.93. The molecule has 1 N–H and O–H groups in total. The standard InChI is InChI=1S/C15H13ClN2O/c1-2-19-15-9-4-3-7-14(15)18-13-8-5-6-12(16)11(13)10-17/h3-9,18H,2H2,1H3. The van der Waals surface area contributed by atoms with Crippen LogP contribution in [0.25, 0.3) is 0 Å². The zero-order valence-electron chi connectivity index (χ0n) is 10.5. The van der Waals surface area contributed by atoms with Gasteiger partial charge in [0, 0.05) is 0 Å². The van der Waals surface area contributed by atoms with E-state index in [1.54, 1.807) is 12.1 Å². The molecule has 3 nitrogen and oxygen atoms in total. The minimum atomic E-state index is 0.426. The van der Waals surface area contributed by atoms with Gasteiger partial charge in [-0.1, -0.05) is 29.8 Å². The number of hydrogen-bond donors (Lipinski definition) is 1. The molecular formula is C15H13ClN2O. The van der Waals surface area contributed by atoms with Gasteiger partial charge in [0.05, 0.1) is 28.6 Å². The summed E-state index contributed by atoms with van der Waals surface area (Å²) in [6, 6.07) is 15.0. The Bertz CT molecular complexity index is 620. The van der Waals surface area contributed by atoms with E-state index >= 15 is 0 Å². The average Bonchev–Trinajstić information content (AvgIpc) is 2.41. The Hall–Kier alpha value is -2.18. The smallest absolute Gasteiger partial charge is 0.142 e. The average molecular weight is 273 g/mol. The van der Waals surface area contributed by atoms with Crippen LogP contribution in [0.15, 0.2) is 42.5 Å². The van der Waals surface area contributed by atoms with Gasteiger partial charge in [-0.3, -0.25) is 0 Å². The molecule has 0 bridgehead atoms. The summed E-state index contributed by atoms with van der Waals surface area (Å²) in [6.07, 6.45) is 0. The molecule has 0 spiro atoms. The minimum Gasteiger partial charge on any atom is -0.492 e. The van der Waals surface area contributed by atoms with Gasteiger partial charge in [-0.15, -0.1) is 0 Å². The van der Waals surface area contributed by atoms with Gasteiger partial charge in [-0.05, 0) is 31.2 Å². The minimum absolute atomic E-state index is 0.426. The van der Waals surface area contributed by atoms with Crippen molar-refractivity contribution in [2.24, 2.45) is 0 Å². The molecule has 0 unspecified atom stereocenters. The van der Waals surface area contributed by atoms with Crippen LogP contribution in [0.2, 0.25) is 5.02 Å². The fourth-order valence-corrected chi connectivity index (χ4v) is 1.96. The Morgan fingerprint density at radius 2 is 1.89 bits per heavy atom. The van der Waals surface area contributed by atoms with E-state index in [0.29, 0.717) is 22.9 Å². The molecule has 0 radical (unpaired) electrons. The fraction of sp³-hybridized carbons (Fsp3) is 0.133. The van der Waals surface area contributed by atoms with Crippen LogP contribution in [0.1, 0.15) is 12.5 Å². The number of nitrogens with one attached hydrogen (secondary N) is 1. The lowest BCUT2D eigenvalue weighted by Crippen LogP contribution is -1.99. The van der Waals surface area contributed by atoms with Gasteiger partial charge in [-0.25, -0.2) is 0 Å². The highest BCUT2D eigenvalue weighted by Crippen LogP contribution is 2.31. The maximum absolute atomic E-state index is 9.14. The van der Waals surface area contributed by atoms with E-state index in [0.717, 1.165) is 11.4 Å². The predicted molar refractivity (Wildman–Crippen MR) is 77.1 cm³/mol. The van der Waals surface area contributed by atoms with Crippen molar-refractivity contribution < 1.29 is 4.74 Å². The van der Waals surface area contributed by atoms with Crippen molar-refractivity contribution in [1.29, 1.82) is 5.26 Å². The zero-order chi connectivity index (χ0) is 13.7. The first-order valence-corrected chi connectivity index (χ1v) is 6.31. The largest absolute Gasteiger partial charge is 0.492 e. The van der Waals surface area contributed by atoms with Gasteiger partial charge in [0.1, 0.15) is 11.8 Å². The second kappa shape index (κ2) is 6.12. The second-order valence-corrected chi connectivity index (χ2v) is 4.24. The highest BCUT2D eigenvalue weighted by molar-refractivity contribution is 6.32. The van der Waals surface area contributed by atoms with E-state index in [1.807, 2.05) is 37.3 Å². The third-order valence-corrected chi connectivity index (χ3v) is 2.90. The zero-order valence-corrected chi connectivity index (χ0v) is 11.2. The molecule has 0 saturated carbocycles. The van der Waals surface area contributed by atoms with Gasteiger partial charge in [0.2, 0.25) is 0 Å². The number of anilines is 2. The highest BCUT2D eigenvalue weighted by atomic mass is 35.5. The van der Waals surface area contributed by atoms with Crippen LogP contribution in [0.3, 0.4) is 0 Å². The Balaban J connectivity index is 2.37. The molecule has 4 heteroatoms. The van der Waals surface area contributed by atoms with E-state index in [9.17, 15) is 0 Å².